The molecule has 0 bridgehead atoms. The van der Waals surface area contributed by atoms with Crippen LogP contribution in [0.3, 0.4) is 0 Å². The number of esters is 1. The zero-order chi connectivity index (χ0) is 26.8. The first-order valence-corrected chi connectivity index (χ1v) is 14.3. The van der Waals surface area contributed by atoms with Crippen LogP contribution in [0.1, 0.15) is 84.7 Å². The van der Waals surface area contributed by atoms with Crippen molar-refractivity contribution >= 4 is 28.1 Å². The van der Waals surface area contributed by atoms with E-state index in [-0.39, 0.29) is 24.2 Å². The molecule has 2 heterocycles. The van der Waals surface area contributed by atoms with Crippen LogP contribution >= 0.6 is 11.3 Å². The predicted molar refractivity (Wildman–Crippen MR) is 147 cm³/mol. The second-order valence-corrected chi connectivity index (χ2v) is 10.9. The molecule has 0 spiro atoms. The second-order valence-electron chi connectivity index (χ2n) is 9.78. The molecule has 1 aliphatic heterocycles. The third-order valence-corrected chi connectivity index (χ3v) is 8.80. The number of thiophene rings is 1. The van der Waals surface area contributed by atoms with Gasteiger partial charge in [-0.25, -0.2) is 4.79 Å². The summed E-state index contributed by atoms with van der Waals surface area (Å²) in [6.07, 6.45) is 6.66. The van der Waals surface area contributed by atoms with Gasteiger partial charge >= 0.3 is 5.97 Å². The van der Waals surface area contributed by atoms with Crippen molar-refractivity contribution in [3.8, 4) is 11.8 Å². The first kappa shape index (κ1) is 26.1. The van der Waals surface area contributed by atoms with E-state index in [1.807, 2.05) is 36.1 Å². The van der Waals surface area contributed by atoms with Gasteiger partial charge in [0.15, 0.2) is 5.78 Å². The third kappa shape index (κ3) is 4.49. The number of fused-ring (bicyclic) bond motifs is 1. The monoisotopic (exact) mass is 531 g/mol. The topological polar surface area (TPSA) is 106 Å². The number of nitriles is 1. The standard InChI is InChI=1S/C30H33N3O4S/c1-3-36-19-15-13-18(14-16-19)25-21(17-31)28(32)33(22-10-8-11-23(34)27(22)25)29-26(30(35)37-4-2)20-9-6-5-7-12-24(20)38-29/h13-16,25H,3-12,32H2,1-2H3. The van der Waals surface area contributed by atoms with Crippen LogP contribution in [0.4, 0.5) is 5.00 Å². The minimum atomic E-state index is -0.557. The maximum Gasteiger partial charge on any atom is 0.341 e. The molecule has 2 aromatic rings. The van der Waals surface area contributed by atoms with E-state index in [1.54, 1.807) is 18.3 Å². The number of benzene rings is 1. The summed E-state index contributed by atoms with van der Waals surface area (Å²) >= 11 is 1.55. The van der Waals surface area contributed by atoms with Crippen LogP contribution < -0.4 is 15.4 Å². The molecule has 8 heteroatoms. The number of hydrogen-bond acceptors (Lipinski definition) is 8. The number of anilines is 1. The Morgan fingerprint density at radius 3 is 2.55 bits per heavy atom. The first-order valence-electron chi connectivity index (χ1n) is 13.5. The fourth-order valence-electron chi connectivity index (χ4n) is 5.87. The highest BCUT2D eigenvalue weighted by atomic mass is 32.1. The van der Waals surface area contributed by atoms with Crippen LogP contribution in [0, 0.1) is 11.3 Å². The molecule has 1 aromatic heterocycles. The van der Waals surface area contributed by atoms with E-state index in [1.165, 1.54) is 4.88 Å². The SMILES string of the molecule is CCOC(=O)c1c(N2C(N)=C(C#N)C(c3ccc(OCC)cc3)C3=C2CCCC3=O)sc2c1CCCCC2. The van der Waals surface area contributed by atoms with Gasteiger partial charge in [-0.15, -0.1) is 11.3 Å². The van der Waals surface area contributed by atoms with Gasteiger partial charge in [0.1, 0.15) is 16.6 Å². The molecular weight excluding hydrogens is 498 g/mol. The number of carbonyl (C=O) groups excluding carboxylic acids is 2. The number of hydrogen-bond donors (Lipinski definition) is 1. The molecule has 3 aliphatic rings. The number of allylic oxidation sites excluding steroid dienone is 3. The van der Waals surface area contributed by atoms with Gasteiger partial charge < -0.3 is 15.2 Å². The van der Waals surface area contributed by atoms with Gasteiger partial charge in [0, 0.05) is 22.6 Å². The van der Waals surface area contributed by atoms with Crippen molar-refractivity contribution in [2.24, 2.45) is 5.73 Å². The lowest BCUT2D eigenvalue weighted by Crippen LogP contribution is -2.39. The lowest BCUT2D eigenvalue weighted by molar-refractivity contribution is -0.116. The molecule has 0 fully saturated rings. The number of Topliss-reactive ketones (excluding diaryl/α,β-unsaturated/α-hetero) is 1. The Morgan fingerprint density at radius 2 is 1.84 bits per heavy atom. The summed E-state index contributed by atoms with van der Waals surface area (Å²) in [4.78, 5) is 29.9. The van der Waals surface area contributed by atoms with E-state index < -0.39 is 5.92 Å². The highest BCUT2D eigenvalue weighted by Crippen LogP contribution is 2.50. The number of ketones is 1. The van der Waals surface area contributed by atoms with E-state index in [4.69, 9.17) is 15.2 Å². The van der Waals surface area contributed by atoms with Crippen molar-refractivity contribution in [2.75, 3.05) is 18.1 Å². The summed E-state index contributed by atoms with van der Waals surface area (Å²) < 4.78 is 11.1. The summed E-state index contributed by atoms with van der Waals surface area (Å²) in [6.45, 7) is 4.54. The molecule has 2 aliphatic carbocycles. The van der Waals surface area contributed by atoms with Gasteiger partial charge in [-0.05, 0) is 75.6 Å². The van der Waals surface area contributed by atoms with Gasteiger partial charge in [-0.3, -0.25) is 9.69 Å². The van der Waals surface area contributed by atoms with Crippen LogP contribution in [0.15, 0.2) is 46.9 Å². The molecular formula is C30H33N3O4S. The minimum absolute atomic E-state index is 0.0196. The number of carbonyl (C=O) groups is 2. The smallest absolute Gasteiger partial charge is 0.341 e. The van der Waals surface area contributed by atoms with Gasteiger partial charge in [0.05, 0.1) is 36.3 Å². The summed E-state index contributed by atoms with van der Waals surface area (Å²) in [6, 6.07) is 9.85. The summed E-state index contributed by atoms with van der Waals surface area (Å²) in [5, 5.41) is 11.0. The van der Waals surface area contributed by atoms with Crippen molar-refractivity contribution in [2.45, 2.75) is 71.1 Å². The quantitative estimate of drug-likeness (QED) is 0.366. The minimum Gasteiger partial charge on any atom is -0.494 e. The van der Waals surface area contributed by atoms with E-state index in [0.717, 1.165) is 54.7 Å². The number of ether oxygens (including phenoxy) is 2. The number of nitrogens with zero attached hydrogens (tertiary/aromatic N) is 2. The maximum atomic E-state index is 13.5. The molecule has 0 radical (unpaired) electrons. The highest BCUT2D eigenvalue weighted by Gasteiger charge is 2.42. The van der Waals surface area contributed by atoms with E-state index in [9.17, 15) is 14.9 Å². The van der Waals surface area contributed by atoms with Crippen LogP contribution in [0.2, 0.25) is 0 Å². The molecule has 198 valence electrons. The van der Waals surface area contributed by atoms with Gasteiger partial charge in [0.25, 0.3) is 0 Å². The van der Waals surface area contributed by atoms with Crippen LogP contribution in [0.25, 0.3) is 0 Å². The lowest BCUT2D eigenvalue weighted by atomic mass is 9.75. The third-order valence-electron chi connectivity index (χ3n) is 7.52. The second kappa shape index (κ2) is 11.0. The molecule has 0 amide bonds. The first-order chi connectivity index (χ1) is 18.5. The molecule has 1 unspecified atom stereocenters. The van der Waals surface area contributed by atoms with Gasteiger partial charge in [0.2, 0.25) is 0 Å². The Kier molecular flexibility index (Phi) is 7.57. The number of nitrogens with two attached hydrogens (primary N) is 1. The van der Waals surface area contributed by atoms with Crippen molar-refractivity contribution < 1.29 is 19.1 Å². The Balaban J connectivity index is 1.71. The molecule has 2 N–H and O–H groups in total. The van der Waals surface area contributed by atoms with E-state index in [2.05, 4.69) is 6.07 Å². The molecule has 0 saturated carbocycles. The molecule has 1 atom stereocenters. The van der Waals surface area contributed by atoms with Crippen molar-refractivity contribution in [3.63, 3.8) is 0 Å². The van der Waals surface area contributed by atoms with E-state index >= 15 is 0 Å². The van der Waals surface area contributed by atoms with Crippen LogP contribution in [0.5, 0.6) is 5.75 Å². The summed E-state index contributed by atoms with van der Waals surface area (Å²) in [5.74, 6) is 0.102. The average Bonchev–Trinajstić information content (AvgIpc) is 3.10. The van der Waals surface area contributed by atoms with Gasteiger partial charge in [-0.2, -0.15) is 5.26 Å². The van der Waals surface area contributed by atoms with Crippen molar-refractivity contribution in [1.29, 1.82) is 5.26 Å². The number of rotatable bonds is 6. The largest absolute Gasteiger partial charge is 0.494 e. The molecule has 0 saturated heterocycles. The highest BCUT2D eigenvalue weighted by molar-refractivity contribution is 7.16. The zero-order valence-electron chi connectivity index (χ0n) is 22.0. The molecule has 38 heavy (non-hydrogen) atoms. The Hall–Kier alpha value is -3.57. The molecule has 7 nitrogen and oxygen atoms in total. The Bertz CT molecular complexity index is 1360. The maximum absolute atomic E-state index is 13.5. The van der Waals surface area contributed by atoms with Gasteiger partial charge in [-0.1, -0.05) is 18.6 Å². The summed E-state index contributed by atoms with van der Waals surface area (Å²) in [7, 11) is 0. The fraction of sp³-hybridized carbons (Fsp3) is 0.433. The molecule has 5 rings (SSSR count). The van der Waals surface area contributed by atoms with Crippen LogP contribution in [-0.4, -0.2) is 25.0 Å². The summed E-state index contributed by atoms with van der Waals surface area (Å²) in [5.41, 5.74) is 10.9. The average molecular weight is 532 g/mol. The van der Waals surface area contributed by atoms with Crippen LogP contribution in [-0.2, 0) is 22.4 Å². The van der Waals surface area contributed by atoms with Crippen molar-refractivity contribution in [3.05, 3.63) is 68.5 Å². The van der Waals surface area contributed by atoms with E-state index in [0.29, 0.717) is 47.6 Å². The number of aryl methyl sites for hydroxylation is 1. The zero-order valence-corrected chi connectivity index (χ0v) is 22.8. The normalized spacial score (nSPS) is 19.4. The Labute approximate surface area is 227 Å². The Morgan fingerprint density at radius 1 is 1.08 bits per heavy atom. The fourth-order valence-corrected chi connectivity index (χ4v) is 7.29. The van der Waals surface area contributed by atoms with Crippen molar-refractivity contribution in [1.82, 2.24) is 0 Å². The molecule has 1 aromatic carbocycles. The lowest BCUT2D eigenvalue weighted by Gasteiger charge is -2.39. The predicted octanol–water partition coefficient (Wildman–Crippen LogP) is 5.90.